The van der Waals surface area contributed by atoms with Crippen LogP contribution in [0.25, 0.3) is 11.0 Å². The molecule has 0 aromatic carbocycles. The number of aromatic amines is 1. The van der Waals surface area contributed by atoms with Crippen molar-refractivity contribution in [3.8, 4) is 0 Å². The van der Waals surface area contributed by atoms with Crippen LogP contribution in [0.15, 0.2) is 29.4 Å². The maximum absolute atomic E-state index is 12.9. The summed E-state index contributed by atoms with van der Waals surface area (Å²) in [5.74, 6) is 0.442. The van der Waals surface area contributed by atoms with Gasteiger partial charge in [-0.1, -0.05) is 0 Å². The van der Waals surface area contributed by atoms with E-state index in [2.05, 4.69) is 15.3 Å². The molecule has 2 aromatic heterocycles. The van der Waals surface area contributed by atoms with Crippen molar-refractivity contribution in [1.29, 1.82) is 0 Å². The van der Waals surface area contributed by atoms with Gasteiger partial charge in [-0.15, -0.1) is 0 Å². The third-order valence-electron chi connectivity index (χ3n) is 4.60. The monoisotopic (exact) mass is 306 g/mol. The van der Waals surface area contributed by atoms with Crippen LogP contribution in [0.1, 0.15) is 12.8 Å². The molecule has 2 N–H and O–H groups in total. The molecule has 0 saturated carbocycles. The first-order valence-electron chi connectivity index (χ1n) is 7.32. The highest BCUT2D eigenvalue weighted by Gasteiger charge is 2.40. The first-order chi connectivity index (χ1) is 10.2. The molecule has 0 bridgehead atoms. The summed E-state index contributed by atoms with van der Waals surface area (Å²) in [6, 6.07) is 3.87. The second-order valence-corrected chi connectivity index (χ2v) is 7.74. The van der Waals surface area contributed by atoms with Crippen molar-refractivity contribution in [2.45, 2.75) is 23.8 Å². The minimum absolute atomic E-state index is 0.303. The number of pyridine rings is 1. The van der Waals surface area contributed by atoms with Crippen LogP contribution in [0.4, 0.5) is 0 Å². The lowest BCUT2D eigenvalue weighted by Gasteiger charge is -2.24. The van der Waals surface area contributed by atoms with Gasteiger partial charge in [0.05, 0.1) is 0 Å². The predicted molar refractivity (Wildman–Crippen MR) is 79.4 cm³/mol. The maximum atomic E-state index is 12.9. The number of hydrogen-bond donors (Lipinski definition) is 2. The van der Waals surface area contributed by atoms with Crippen LogP contribution in [0.3, 0.4) is 0 Å². The number of nitrogens with one attached hydrogen (secondary N) is 2. The van der Waals surface area contributed by atoms with E-state index >= 15 is 0 Å². The normalized spacial score (nSPS) is 27.0. The number of nitrogens with zero attached hydrogens (tertiary/aromatic N) is 2. The molecule has 2 atom stereocenters. The van der Waals surface area contributed by atoms with Gasteiger partial charge >= 0.3 is 0 Å². The van der Waals surface area contributed by atoms with Crippen molar-refractivity contribution in [3.63, 3.8) is 0 Å². The summed E-state index contributed by atoms with van der Waals surface area (Å²) in [6.45, 7) is 2.18. The Kier molecular flexibility index (Phi) is 3.02. The lowest BCUT2D eigenvalue weighted by Crippen LogP contribution is -2.41. The number of sulfonamides is 1. The fraction of sp³-hybridized carbons (Fsp3) is 0.500. The van der Waals surface area contributed by atoms with Crippen molar-refractivity contribution in [2.75, 3.05) is 19.6 Å². The number of rotatable bonds is 2. The third kappa shape index (κ3) is 2.07. The van der Waals surface area contributed by atoms with E-state index in [0.717, 1.165) is 19.4 Å². The average Bonchev–Trinajstić information content (AvgIpc) is 3.11. The largest absolute Gasteiger partial charge is 0.345 e. The Morgan fingerprint density at radius 2 is 2.24 bits per heavy atom. The van der Waals surface area contributed by atoms with E-state index in [1.54, 1.807) is 28.8 Å². The van der Waals surface area contributed by atoms with E-state index in [4.69, 9.17) is 0 Å². The molecule has 2 aliphatic heterocycles. The van der Waals surface area contributed by atoms with Crippen molar-refractivity contribution in [2.24, 2.45) is 5.92 Å². The molecule has 6 nitrogen and oxygen atoms in total. The van der Waals surface area contributed by atoms with Crippen LogP contribution in [0, 0.1) is 5.92 Å². The summed E-state index contributed by atoms with van der Waals surface area (Å²) in [5.41, 5.74) is 0.616. The molecule has 4 rings (SSSR count). The summed E-state index contributed by atoms with van der Waals surface area (Å²) in [7, 11) is -3.46. The van der Waals surface area contributed by atoms with Gasteiger partial charge in [0.2, 0.25) is 10.0 Å². The van der Waals surface area contributed by atoms with Gasteiger partial charge in [0.1, 0.15) is 10.5 Å². The van der Waals surface area contributed by atoms with Gasteiger partial charge in [0.25, 0.3) is 0 Å². The van der Waals surface area contributed by atoms with Gasteiger partial charge < -0.3 is 10.3 Å². The predicted octanol–water partition coefficient (Wildman–Crippen LogP) is 0.935. The highest BCUT2D eigenvalue weighted by Crippen LogP contribution is 2.31. The molecular weight excluding hydrogens is 288 g/mol. The van der Waals surface area contributed by atoms with E-state index in [-0.39, 0.29) is 0 Å². The minimum Gasteiger partial charge on any atom is -0.345 e. The Morgan fingerprint density at radius 1 is 1.33 bits per heavy atom. The quantitative estimate of drug-likeness (QED) is 0.865. The molecule has 2 aromatic rings. The maximum Gasteiger partial charge on any atom is 0.245 e. The second kappa shape index (κ2) is 4.79. The van der Waals surface area contributed by atoms with E-state index in [0.29, 0.717) is 41.0 Å². The van der Waals surface area contributed by atoms with Gasteiger partial charge in [0, 0.05) is 36.9 Å². The van der Waals surface area contributed by atoms with Gasteiger partial charge in [-0.3, -0.25) is 0 Å². The molecule has 2 fully saturated rings. The summed E-state index contributed by atoms with van der Waals surface area (Å²) in [4.78, 5) is 7.45. The molecule has 2 aliphatic rings. The molecule has 112 valence electrons. The molecular formula is C14H18N4O2S. The number of fused-ring (bicyclic) bond motifs is 2. The number of hydrogen-bond acceptors (Lipinski definition) is 4. The van der Waals surface area contributed by atoms with E-state index < -0.39 is 10.0 Å². The van der Waals surface area contributed by atoms with Crippen LogP contribution in [-0.2, 0) is 10.0 Å². The van der Waals surface area contributed by atoms with Crippen LogP contribution >= 0.6 is 0 Å². The molecule has 0 spiro atoms. The first kappa shape index (κ1) is 13.2. The summed E-state index contributed by atoms with van der Waals surface area (Å²) in [5, 5.41) is 4.11. The van der Waals surface area contributed by atoms with Crippen molar-refractivity contribution in [3.05, 3.63) is 24.5 Å². The lowest BCUT2D eigenvalue weighted by molar-refractivity contribution is 0.339. The van der Waals surface area contributed by atoms with Crippen LogP contribution in [0.2, 0.25) is 0 Å². The van der Waals surface area contributed by atoms with Crippen LogP contribution in [0.5, 0.6) is 0 Å². The lowest BCUT2D eigenvalue weighted by atomic mass is 9.94. The first-order valence-corrected chi connectivity index (χ1v) is 8.76. The Balaban J connectivity index is 1.70. The zero-order valence-corrected chi connectivity index (χ0v) is 12.4. The SMILES string of the molecule is O=S(=O)(c1c[nH]c2ncccc12)N1CC2CCCNC2C1. The molecule has 0 amide bonds. The minimum atomic E-state index is -3.46. The molecule has 21 heavy (non-hydrogen) atoms. The standard InChI is InChI=1S/C14H18N4O2S/c19-21(20,13-7-17-14-11(13)4-2-6-16-14)18-8-10-3-1-5-15-12(10)9-18/h2,4,6-7,10,12,15H,1,3,5,8-9H2,(H,16,17). The highest BCUT2D eigenvalue weighted by atomic mass is 32.2. The number of piperidine rings is 1. The van der Waals surface area contributed by atoms with Gasteiger partial charge in [0.15, 0.2) is 0 Å². The zero-order chi connectivity index (χ0) is 14.4. The summed E-state index contributed by atoms with van der Waals surface area (Å²) in [6.07, 6.45) is 5.46. The Bertz CT molecular complexity index is 756. The fourth-order valence-corrected chi connectivity index (χ4v) is 5.16. The van der Waals surface area contributed by atoms with Crippen molar-refractivity contribution in [1.82, 2.24) is 19.6 Å². The zero-order valence-electron chi connectivity index (χ0n) is 11.6. The molecule has 2 saturated heterocycles. The smallest absolute Gasteiger partial charge is 0.245 e. The van der Waals surface area contributed by atoms with E-state index in [9.17, 15) is 8.42 Å². The van der Waals surface area contributed by atoms with Gasteiger partial charge in [-0.05, 0) is 37.4 Å². The summed E-state index contributed by atoms with van der Waals surface area (Å²) < 4.78 is 27.4. The molecule has 7 heteroatoms. The van der Waals surface area contributed by atoms with Crippen LogP contribution in [-0.4, -0.2) is 48.4 Å². The fourth-order valence-electron chi connectivity index (χ4n) is 3.49. The molecule has 0 aliphatic carbocycles. The Hall–Kier alpha value is -1.44. The van der Waals surface area contributed by atoms with Crippen LogP contribution < -0.4 is 5.32 Å². The van der Waals surface area contributed by atoms with Crippen molar-refractivity contribution < 1.29 is 8.42 Å². The second-order valence-electron chi connectivity index (χ2n) is 5.84. The summed E-state index contributed by atoms with van der Waals surface area (Å²) >= 11 is 0. The molecule has 4 heterocycles. The number of H-pyrrole nitrogens is 1. The van der Waals surface area contributed by atoms with E-state index in [1.165, 1.54) is 0 Å². The average molecular weight is 306 g/mol. The van der Waals surface area contributed by atoms with E-state index in [1.807, 2.05) is 0 Å². The third-order valence-corrected chi connectivity index (χ3v) is 6.47. The van der Waals surface area contributed by atoms with Gasteiger partial charge in [-0.2, -0.15) is 4.31 Å². The highest BCUT2D eigenvalue weighted by molar-refractivity contribution is 7.89. The molecule has 0 radical (unpaired) electrons. The van der Waals surface area contributed by atoms with Crippen molar-refractivity contribution >= 4 is 21.1 Å². The number of aromatic nitrogens is 2. The van der Waals surface area contributed by atoms with Gasteiger partial charge in [-0.25, -0.2) is 13.4 Å². The Morgan fingerprint density at radius 3 is 3.10 bits per heavy atom. The topological polar surface area (TPSA) is 78.1 Å². The Labute approximate surface area is 123 Å². The molecule has 2 unspecified atom stereocenters.